The Bertz CT molecular complexity index is 848. The third-order valence-electron chi connectivity index (χ3n) is 8.09. The summed E-state index contributed by atoms with van der Waals surface area (Å²) in [4.78, 5) is 17.0. The average molecular weight is 582 g/mol. The van der Waals surface area contributed by atoms with E-state index in [1.807, 2.05) is 20.0 Å². The minimum atomic E-state index is -0.575. The van der Waals surface area contributed by atoms with Gasteiger partial charge in [0.25, 0.3) is 0 Å². The highest BCUT2D eigenvalue weighted by molar-refractivity contribution is 5.75. The van der Waals surface area contributed by atoms with Crippen LogP contribution in [0.4, 0.5) is 0 Å². The van der Waals surface area contributed by atoms with E-state index in [0.717, 1.165) is 59.4 Å². The van der Waals surface area contributed by atoms with Crippen molar-refractivity contribution in [3.05, 3.63) is 23.0 Å². The fourth-order valence-corrected chi connectivity index (χ4v) is 5.58. The van der Waals surface area contributed by atoms with Crippen molar-refractivity contribution in [1.82, 2.24) is 10.3 Å². The molecule has 1 aromatic rings. The molecule has 0 saturated carbocycles. The van der Waals surface area contributed by atoms with Crippen LogP contribution in [-0.2, 0) is 22.7 Å². The third kappa shape index (κ3) is 14.0. The summed E-state index contributed by atoms with van der Waals surface area (Å²) in [5.74, 6) is 0.500. The predicted molar refractivity (Wildman–Crippen MR) is 162 cm³/mol. The van der Waals surface area contributed by atoms with Gasteiger partial charge in [-0.2, -0.15) is 0 Å². The van der Waals surface area contributed by atoms with Crippen LogP contribution >= 0.6 is 0 Å². The average Bonchev–Trinajstić information content (AvgIpc) is 2.88. The summed E-state index contributed by atoms with van der Waals surface area (Å²) in [6.45, 7) is 11.4. The molecule has 6 nitrogen and oxygen atoms in total. The molecule has 40 heavy (non-hydrogen) atoms. The van der Waals surface area contributed by atoms with E-state index in [2.05, 4.69) is 38.2 Å². The number of nitrogens with one attached hydrogen (secondary N) is 1. The number of carbonyl (C=O) groups is 1. The Balaban J connectivity index is 0.00000800. The van der Waals surface area contributed by atoms with Crippen molar-refractivity contribution in [3.8, 4) is 5.75 Å². The molecule has 1 aliphatic heterocycles. The number of halogens is 1. The monoisotopic (exact) mass is 581 g/mol. The number of hydrogen-bond acceptors (Lipinski definition) is 4. The van der Waals surface area contributed by atoms with Gasteiger partial charge in [-0.3, -0.25) is 9.78 Å². The molecule has 1 N–H and O–H groups in total. The summed E-state index contributed by atoms with van der Waals surface area (Å²) in [6.07, 6.45) is 21.7. The summed E-state index contributed by atoms with van der Waals surface area (Å²) >= 11 is 0. The number of aryl methyl sites for hydroxylation is 1. The Morgan fingerprint density at radius 3 is 2.10 bits per heavy atom. The van der Waals surface area contributed by atoms with Gasteiger partial charge < -0.3 is 31.7 Å². The molecule has 2 rings (SSSR count). The normalized spacial score (nSPS) is 16.6. The van der Waals surface area contributed by atoms with Crippen LogP contribution in [0.15, 0.2) is 6.20 Å². The third-order valence-corrected chi connectivity index (χ3v) is 8.09. The van der Waals surface area contributed by atoms with Crippen molar-refractivity contribution in [2.24, 2.45) is 0 Å². The Hall–Kier alpha value is -1.37. The molecule has 7 heteroatoms. The summed E-state index contributed by atoms with van der Waals surface area (Å²) in [6, 6.07) is 0. The van der Waals surface area contributed by atoms with Gasteiger partial charge in [-0.15, -0.1) is 0 Å². The van der Waals surface area contributed by atoms with Crippen molar-refractivity contribution in [3.63, 3.8) is 0 Å². The van der Waals surface area contributed by atoms with Crippen LogP contribution in [0.25, 0.3) is 0 Å². The first kappa shape index (κ1) is 36.7. The molecule has 0 aromatic carbocycles. The number of unbranched alkanes of at least 4 members (excludes halogenated alkanes) is 12. The van der Waals surface area contributed by atoms with Gasteiger partial charge in [0.1, 0.15) is 12.3 Å². The molecule has 0 spiro atoms. The lowest BCUT2D eigenvalue weighted by molar-refractivity contribution is -0.902. The largest absolute Gasteiger partial charge is 1.00 e. The molecule has 1 atom stereocenters. The maximum Gasteiger partial charge on any atom is 0.220 e. The molecule has 0 bridgehead atoms. The topological polar surface area (TPSA) is 60.5 Å². The fourth-order valence-electron chi connectivity index (χ4n) is 5.58. The second kappa shape index (κ2) is 19.7. The van der Waals surface area contributed by atoms with Gasteiger partial charge in [-0.05, 0) is 19.8 Å². The first-order valence-electron chi connectivity index (χ1n) is 16.1. The van der Waals surface area contributed by atoms with Gasteiger partial charge in [0, 0.05) is 37.1 Å². The molecule has 1 aromatic heterocycles. The van der Waals surface area contributed by atoms with Crippen molar-refractivity contribution in [2.45, 2.75) is 149 Å². The predicted octanol–water partition coefficient (Wildman–Crippen LogP) is 4.99. The summed E-state index contributed by atoms with van der Waals surface area (Å²) < 4.78 is 13.2. The minimum absolute atomic E-state index is 0. The number of likely N-dealkylation sites (N-methyl/N-ethyl adjacent to an activating group) is 1. The van der Waals surface area contributed by atoms with Crippen LogP contribution in [0.3, 0.4) is 0 Å². The maximum absolute atomic E-state index is 12.4. The minimum Gasteiger partial charge on any atom is -1.00 e. The number of pyridine rings is 1. The number of rotatable bonds is 21. The van der Waals surface area contributed by atoms with E-state index in [0.29, 0.717) is 19.6 Å². The zero-order chi connectivity index (χ0) is 28.6. The van der Waals surface area contributed by atoms with Crippen molar-refractivity contribution < 1.29 is 31.2 Å². The van der Waals surface area contributed by atoms with Crippen LogP contribution in [0.1, 0.15) is 140 Å². The molecular formula is C33H60ClN3O3. The number of aromatic nitrogens is 1. The number of fused-ring (bicyclic) bond motifs is 1. The van der Waals surface area contributed by atoms with Gasteiger partial charge in [0.05, 0.1) is 39.5 Å². The molecule has 0 saturated heterocycles. The van der Waals surface area contributed by atoms with Gasteiger partial charge in [-0.25, -0.2) is 0 Å². The number of amides is 1. The molecule has 2 heterocycles. The highest BCUT2D eigenvalue weighted by Crippen LogP contribution is 2.37. The van der Waals surface area contributed by atoms with E-state index in [1.54, 1.807) is 0 Å². The molecule has 1 amide bonds. The van der Waals surface area contributed by atoms with E-state index < -0.39 is 5.79 Å². The molecule has 0 aliphatic carbocycles. The van der Waals surface area contributed by atoms with Crippen LogP contribution in [0.2, 0.25) is 0 Å². The number of hydrogen-bond donors (Lipinski definition) is 1. The van der Waals surface area contributed by atoms with E-state index >= 15 is 0 Å². The van der Waals surface area contributed by atoms with Gasteiger partial charge in [-0.1, -0.05) is 90.9 Å². The molecule has 1 aliphatic rings. The van der Waals surface area contributed by atoms with E-state index in [-0.39, 0.29) is 18.3 Å². The zero-order valence-corrected chi connectivity index (χ0v) is 27.5. The van der Waals surface area contributed by atoms with Crippen LogP contribution in [0.5, 0.6) is 5.75 Å². The van der Waals surface area contributed by atoms with Crippen LogP contribution in [-0.4, -0.2) is 48.3 Å². The first-order valence-corrected chi connectivity index (χ1v) is 16.1. The Morgan fingerprint density at radius 1 is 0.950 bits per heavy atom. The lowest BCUT2D eigenvalue weighted by Gasteiger charge is -2.38. The van der Waals surface area contributed by atoms with Gasteiger partial charge in [0.15, 0.2) is 0 Å². The van der Waals surface area contributed by atoms with Gasteiger partial charge >= 0.3 is 0 Å². The second-order valence-electron chi connectivity index (χ2n) is 12.6. The molecular weight excluding hydrogens is 522 g/mol. The number of nitrogens with zero attached hydrogens (tertiary/aromatic N) is 2. The smallest absolute Gasteiger partial charge is 0.220 e. The van der Waals surface area contributed by atoms with Crippen molar-refractivity contribution >= 4 is 5.91 Å². The Morgan fingerprint density at radius 2 is 1.52 bits per heavy atom. The van der Waals surface area contributed by atoms with E-state index in [1.165, 1.54) is 77.0 Å². The Kier molecular flexibility index (Phi) is 18.0. The molecule has 0 fully saturated rings. The molecule has 0 radical (unpaired) electrons. The quantitative estimate of drug-likeness (QED) is 0.164. The Labute approximate surface area is 252 Å². The highest BCUT2D eigenvalue weighted by Gasteiger charge is 2.35. The highest BCUT2D eigenvalue weighted by atomic mass is 35.5. The summed E-state index contributed by atoms with van der Waals surface area (Å²) in [5, 5.41) is 3.14. The fraction of sp³-hybridized carbons (Fsp3) is 0.818. The van der Waals surface area contributed by atoms with Crippen LogP contribution in [0, 0.1) is 6.92 Å². The van der Waals surface area contributed by atoms with E-state index in [9.17, 15) is 4.79 Å². The second-order valence-corrected chi connectivity index (χ2v) is 12.6. The zero-order valence-electron chi connectivity index (χ0n) is 26.7. The number of quaternary nitrogens is 1. The number of carbonyl (C=O) groups excluding carboxylic acids is 1. The van der Waals surface area contributed by atoms with Crippen LogP contribution < -0.4 is 22.5 Å². The summed E-state index contributed by atoms with van der Waals surface area (Å²) in [7, 11) is 4.41. The van der Waals surface area contributed by atoms with Crippen molar-refractivity contribution in [2.75, 3.05) is 27.2 Å². The lowest BCUT2D eigenvalue weighted by atomic mass is 10.0. The summed E-state index contributed by atoms with van der Waals surface area (Å²) in [5.41, 5.74) is 3.20. The molecule has 1 unspecified atom stereocenters. The SMILES string of the molecule is CCCCCCCCCCCCCCCC(=O)NCC[N+](C)(C)Cc1cnc(C)c2c1COC(C)(CCC)O2.[Cl-]. The molecule has 232 valence electrons. The van der Waals surface area contributed by atoms with E-state index in [4.69, 9.17) is 9.47 Å². The van der Waals surface area contributed by atoms with Gasteiger partial charge in [0.2, 0.25) is 11.7 Å². The standard InChI is InChI=1S/C33H59N3O3.ClH/c1-7-9-10-11-12-13-14-15-16-17-18-19-20-21-31(37)34-23-24-36(5,6)26-29-25-35-28(3)32-30(29)27-38-33(4,39-32)22-8-2;/h25H,7-24,26-27H2,1-6H3;1H. The lowest BCUT2D eigenvalue weighted by Crippen LogP contribution is -3.00. The first-order chi connectivity index (χ1) is 18.7. The number of ether oxygens (including phenoxy) is 2. The maximum atomic E-state index is 12.4. The van der Waals surface area contributed by atoms with Crippen molar-refractivity contribution in [1.29, 1.82) is 0 Å².